The van der Waals surface area contributed by atoms with E-state index in [0.29, 0.717) is 12.3 Å². The lowest BCUT2D eigenvalue weighted by Crippen LogP contribution is -2.19. The highest BCUT2D eigenvalue weighted by Gasteiger charge is 2.11. The summed E-state index contributed by atoms with van der Waals surface area (Å²) in [6.07, 6.45) is 0.822. The minimum Gasteiger partial charge on any atom is -0.480 e. The van der Waals surface area contributed by atoms with Gasteiger partial charge in [-0.3, -0.25) is 14.2 Å². The Kier molecular flexibility index (Phi) is 4.70. The van der Waals surface area contributed by atoms with Crippen LogP contribution in [0.1, 0.15) is 5.56 Å². The van der Waals surface area contributed by atoms with E-state index in [-0.39, 0.29) is 11.4 Å². The summed E-state index contributed by atoms with van der Waals surface area (Å²) < 4.78 is 6.29. The summed E-state index contributed by atoms with van der Waals surface area (Å²) in [5.74, 6) is -1.02. The number of carboxylic acid groups (broad SMARTS) is 1. The Morgan fingerprint density at radius 1 is 1.35 bits per heavy atom. The average molecular weight is 293 g/mol. The largest absolute Gasteiger partial charge is 0.480 e. The Morgan fingerprint density at radius 2 is 2.05 bits per heavy atom. The minimum atomic E-state index is -1.02. The molecule has 1 aromatic heterocycles. The third-order valence-electron chi connectivity index (χ3n) is 2.92. The number of nitrogens with zero attached hydrogens (tertiary/aromatic N) is 1. The number of ether oxygens (including phenoxy) is 1. The molecule has 0 saturated carbocycles. The summed E-state index contributed by atoms with van der Waals surface area (Å²) in [6.45, 7) is 0.338. The van der Waals surface area contributed by atoms with Crippen molar-refractivity contribution in [2.75, 3.05) is 13.7 Å². The molecule has 0 saturated heterocycles. The van der Waals surface area contributed by atoms with E-state index in [4.69, 9.17) is 9.84 Å². The maximum Gasteiger partial charge on any atom is 0.323 e. The smallest absolute Gasteiger partial charge is 0.323 e. The van der Waals surface area contributed by atoms with Gasteiger partial charge in [0.25, 0.3) is 0 Å². The normalized spacial score (nSPS) is 10.7. The third kappa shape index (κ3) is 3.34. The molecule has 1 N–H and O–H groups in total. The van der Waals surface area contributed by atoms with Crippen molar-refractivity contribution in [3.63, 3.8) is 0 Å². The predicted octanol–water partition coefficient (Wildman–Crippen LogP) is 1.85. The molecule has 2 aromatic rings. The van der Waals surface area contributed by atoms with Gasteiger partial charge in [0.1, 0.15) is 6.54 Å². The van der Waals surface area contributed by atoms with E-state index in [1.54, 1.807) is 12.5 Å². The molecule has 0 bridgehead atoms. The van der Waals surface area contributed by atoms with Crippen LogP contribution >= 0.6 is 11.3 Å². The summed E-state index contributed by atoms with van der Waals surface area (Å²) in [6, 6.07) is 7.71. The van der Waals surface area contributed by atoms with Crippen molar-refractivity contribution >= 4 is 17.3 Å². The van der Waals surface area contributed by atoms with Gasteiger partial charge in [-0.1, -0.05) is 35.6 Å². The maximum atomic E-state index is 11.7. The Labute approximate surface area is 120 Å². The molecular weight excluding hydrogens is 278 g/mol. The zero-order valence-corrected chi connectivity index (χ0v) is 11.9. The molecule has 6 heteroatoms. The second kappa shape index (κ2) is 6.49. The molecule has 0 radical (unpaired) electrons. The van der Waals surface area contributed by atoms with Crippen molar-refractivity contribution in [1.82, 2.24) is 4.57 Å². The van der Waals surface area contributed by atoms with Gasteiger partial charge < -0.3 is 9.84 Å². The first-order chi connectivity index (χ1) is 9.61. The Bertz CT molecular complexity index is 642. The van der Waals surface area contributed by atoms with Gasteiger partial charge in [0.05, 0.1) is 12.3 Å². The average Bonchev–Trinajstić information content (AvgIpc) is 2.78. The van der Waals surface area contributed by atoms with E-state index in [0.717, 1.165) is 28.9 Å². The number of hydrogen-bond acceptors (Lipinski definition) is 4. The fourth-order valence-corrected chi connectivity index (χ4v) is 2.67. The van der Waals surface area contributed by atoms with Crippen LogP contribution in [0.3, 0.4) is 0 Å². The van der Waals surface area contributed by atoms with Crippen LogP contribution in [0.5, 0.6) is 0 Å². The van der Waals surface area contributed by atoms with E-state index in [2.05, 4.69) is 0 Å². The minimum absolute atomic E-state index is 0.258. The number of methoxy groups -OCH3 is 1. The summed E-state index contributed by atoms with van der Waals surface area (Å²) in [5.41, 5.74) is 2.62. The number of thiazole rings is 1. The van der Waals surface area contributed by atoms with Gasteiger partial charge in [0.15, 0.2) is 0 Å². The van der Waals surface area contributed by atoms with Crippen molar-refractivity contribution in [3.8, 4) is 11.3 Å². The highest BCUT2D eigenvalue weighted by Crippen LogP contribution is 2.20. The molecule has 5 nitrogen and oxygen atoms in total. The third-order valence-corrected chi connectivity index (χ3v) is 3.68. The number of rotatable bonds is 6. The fourth-order valence-electron chi connectivity index (χ4n) is 1.90. The lowest BCUT2D eigenvalue weighted by molar-refractivity contribution is -0.137. The first kappa shape index (κ1) is 14.5. The summed E-state index contributed by atoms with van der Waals surface area (Å²) in [7, 11) is 1.66. The standard InChI is InChI=1S/C14H15NO4S/c1-19-7-6-10-2-4-11(5-3-10)12-9-20-14(18)15(12)8-13(16)17/h2-5,9H,6-8H2,1H3,(H,16,17). The van der Waals surface area contributed by atoms with Crippen LogP contribution in [0.15, 0.2) is 34.4 Å². The molecule has 0 aliphatic carbocycles. The first-order valence-corrected chi connectivity index (χ1v) is 6.98. The van der Waals surface area contributed by atoms with Crippen molar-refractivity contribution in [2.24, 2.45) is 0 Å². The zero-order valence-electron chi connectivity index (χ0n) is 11.0. The van der Waals surface area contributed by atoms with Crippen LogP contribution in [0.2, 0.25) is 0 Å². The van der Waals surface area contributed by atoms with Gasteiger partial charge in [-0.25, -0.2) is 0 Å². The van der Waals surface area contributed by atoms with Crippen molar-refractivity contribution in [1.29, 1.82) is 0 Å². The number of benzene rings is 1. The van der Waals surface area contributed by atoms with Crippen LogP contribution < -0.4 is 4.87 Å². The van der Waals surface area contributed by atoms with E-state index in [1.807, 2.05) is 24.3 Å². The van der Waals surface area contributed by atoms with Gasteiger partial charge in [0, 0.05) is 12.5 Å². The topological polar surface area (TPSA) is 68.5 Å². The van der Waals surface area contributed by atoms with Crippen molar-refractivity contribution in [2.45, 2.75) is 13.0 Å². The van der Waals surface area contributed by atoms with Crippen LogP contribution in [0.25, 0.3) is 11.3 Å². The number of aromatic nitrogens is 1. The number of aliphatic carboxylic acids is 1. The maximum absolute atomic E-state index is 11.7. The van der Waals surface area contributed by atoms with E-state index >= 15 is 0 Å². The Hall–Kier alpha value is -1.92. The predicted molar refractivity (Wildman–Crippen MR) is 77.2 cm³/mol. The first-order valence-electron chi connectivity index (χ1n) is 6.10. The SMILES string of the molecule is COCCc1ccc(-c2csc(=O)n2CC(=O)O)cc1. The Morgan fingerprint density at radius 3 is 2.65 bits per heavy atom. The molecular formula is C14H15NO4S. The van der Waals surface area contributed by atoms with Gasteiger partial charge in [0.2, 0.25) is 0 Å². The molecule has 0 unspecified atom stereocenters. The molecule has 2 rings (SSSR count). The number of carbonyl (C=O) groups is 1. The van der Waals surface area contributed by atoms with Crippen LogP contribution in [0, 0.1) is 0 Å². The second-order valence-corrected chi connectivity index (χ2v) is 5.13. The number of carboxylic acids is 1. The monoisotopic (exact) mass is 293 g/mol. The summed E-state index contributed by atoms with van der Waals surface area (Å²) >= 11 is 1.01. The van der Waals surface area contributed by atoms with Crippen molar-refractivity contribution < 1.29 is 14.6 Å². The van der Waals surface area contributed by atoms with E-state index < -0.39 is 5.97 Å². The molecule has 0 fully saturated rings. The Balaban J connectivity index is 2.27. The molecule has 106 valence electrons. The molecule has 1 heterocycles. The van der Waals surface area contributed by atoms with Gasteiger partial charge in [-0.05, 0) is 17.5 Å². The molecule has 0 amide bonds. The quantitative estimate of drug-likeness (QED) is 0.882. The van der Waals surface area contributed by atoms with Crippen molar-refractivity contribution in [3.05, 3.63) is 44.9 Å². The molecule has 0 atom stereocenters. The van der Waals surface area contributed by atoms with Crippen LogP contribution in [0.4, 0.5) is 0 Å². The molecule has 20 heavy (non-hydrogen) atoms. The summed E-state index contributed by atoms with van der Waals surface area (Å²) in [4.78, 5) is 22.2. The molecule has 0 aliphatic heterocycles. The molecule has 0 spiro atoms. The van der Waals surface area contributed by atoms with Gasteiger partial charge in [-0.2, -0.15) is 0 Å². The summed E-state index contributed by atoms with van der Waals surface area (Å²) in [5, 5.41) is 10.5. The highest BCUT2D eigenvalue weighted by atomic mass is 32.1. The number of hydrogen-bond donors (Lipinski definition) is 1. The van der Waals surface area contributed by atoms with Gasteiger partial charge >= 0.3 is 10.8 Å². The van der Waals surface area contributed by atoms with E-state index in [9.17, 15) is 9.59 Å². The highest BCUT2D eigenvalue weighted by molar-refractivity contribution is 7.07. The fraction of sp³-hybridized carbons (Fsp3) is 0.286. The lowest BCUT2D eigenvalue weighted by atomic mass is 10.1. The van der Waals surface area contributed by atoms with Crippen LogP contribution in [-0.2, 0) is 22.5 Å². The zero-order chi connectivity index (χ0) is 14.5. The van der Waals surface area contributed by atoms with Gasteiger partial charge in [-0.15, -0.1) is 0 Å². The lowest BCUT2D eigenvalue weighted by Gasteiger charge is -2.06. The second-order valence-electron chi connectivity index (χ2n) is 4.31. The molecule has 1 aromatic carbocycles. The van der Waals surface area contributed by atoms with E-state index in [1.165, 1.54) is 4.57 Å². The van der Waals surface area contributed by atoms with Crippen LogP contribution in [-0.4, -0.2) is 29.4 Å². The molecule has 0 aliphatic rings.